The average Bonchev–Trinajstić information content (AvgIpc) is 2.78. The Balaban J connectivity index is 1.53. The second kappa shape index (κ2) is 9.50. The predicted octanol–water partition coefficient (Wildman–Crippen LogP) is 2.91. The van der Waals surface area contributed by atoms with Crippen LogP contribution >= 0.6 is 11.6 Å². The number of hydrogen-bond donors (Lipinski definition) is 1. The minimum absolute atomic E-state index is 0.0100. The molecule has 1 aromatic carbocycles. The van der Waals surface area contributed by atoms with Crippen LogP contribution in [0.2, 0.25) is 5.28 Å². The van der Waals surface area contributed by atoms with Crippen molar-refractivity contribution in [3.63, 3.8) is 0 Å². The van der Waals surface area contributed by atoms with Crippen molar-refractivity contribution < 1.29 is 9.53 Å². The van der Waals surface area contributed by atoms with Gasteiger partial charge < -0.3 is 19.9 Å². The summed E-state index contributed by atoms with van der Waals surface area (Å²) in [5.41, 5.74) is 2.93. The van der Waals surface area contributed by atoms with E-state index in [-0.39, 0.29) is 30.4 Å². The molecule has 0 saturated carbocycles. The Hall–Kier alpha value is -2.89. The molecule has 8 nitrogen and oxygen atoms in total. The molecule has 1 fully saturated rings. The summed E-state index contributed by atoms with van der Waals surface area (Å²) in [6.07, 6.45) is 0.630. The molecule has 0 radical (unpaired) electrons. The zero-order chi connectivity index (χ0) is 21.8. The molecule has 2 aromatic rings. The van der Waals surface area contributed by atoms with Crippen molar-refractivity contribution in [1.82, 2.24) is 20.2 Å². The number of carbonyl (C=O) groups is 1. The number of benzene rings is 1. The summed E-state index contributed by atoms with van der Waals surface area (Å²) in [5, 5.41) is 12.9. The fraction of sp³-hybridized carbons (Fsp3) is 0.455. The third-order valence-electron chi connectivity index (χ3n) is 5.77. The van der Waals surface area contributed by atoms with Crippen LogP contribution in [0.4, 0.5) is 10.6 Å². The van der Waals surface area contributed by atoms with E-state index in [1.807, 2.05) is 37.3 Å². The van der Waals surface area contributed by atoms with Gasteiger partial charge in [0.05, 0.1) is 24.2 Å². The number of amides is 1. The molecule has 1 unspecified atom stereocenters. The lowest BCUT2D eigenvalue weighted by molar-refractivity contribution is 0.0709. The number of anilines is 1. The quantitative estimate of drug-likeness (QED) is 0.730. The van der Waals surface area contributed by atoms with E-state index in [1.165, 1.54) is 0 Å². The zero-order valence-corrected chi connectivity index (χ0v) is 18.2. The van der Waals surface area contributed by atoms with Gasteiger partial charge >= 0.3 is 6.09 Å². The molecule has 1 saturated heterocycles. The van der Waals surface area contributed by atoms with Crippen LogP contribution in [0.3, 0.4) is 0 Å². The molecular weight excluding hydrogens is 416 g/mol. The molecule has 4 rings (SSSR count). The maximum atomic E-state index is 12.9. The van der Waals surface area contributed by atoms with Crippen LogP contribution in [0.25, 0.3) is 0 Å². The lowest BCUT2D eigenvalue weighted by atomic mass is 10.0. The van der Waals surface area contributed by atoms with Crippen molar-refractivity contribution in [3.8, 4) is 6.07 Å². The molecule has 31 heavy (non-hydrogen) atoms. The molecule has 1 amide bonds. The Labute approximate surface area is 186 Å². The van der Waals surface area contributed by atoms with Crippen LogP contribution < -0.4 is 10.2 Å². The van der Waals surface area contributed by atoms with Crippen molar-refractivity contribution in [1.29, 1.82) is 5.26 Å². The molecule has 0 aliphatic carbocycles. The Morgan fingerprint density at radius 1 is 1.32 bits per heavy atom. The SMILES string of the molecule is CC1CN(C(=O)OCc2ccccc2)[C@H](CC#N)CN1c1nc(Cl)nc2c1CCNC2. The van der Waals surface area contributed by atoms with E-state index >= 15 is 0 Å². The van der Waals surface area contributed by atoms with Crippen molar-refractivity contribution in [2.75, 3.05) is 24.5 Å². The molecule has 2 aliphatic heterocycles. The van der Waals surface area contributed by atoms with Gasteiger partial charge in [-0.15, -0.1) is 0 Å². The van der Waals surface area contributed by atoms with E-state index in [2.05, 4.69) is 26.3 Å². The number of hydrogen-bond acceptors (Lipinski definition) is 7. The van der Waals surface area contributed by atoms with Gasteiger partial charge in [0.15, 0.2) is 0 Å². The van der Waals surface area contributed by atoms with E-state index < -0.39 is 6.09 Å². The Bertz CT molecular complexity index is 980. The molecule has 3 heterocycles. The van der Waals surface area contributed by atoms with Crippen molar-refractivity contribution >= 4 is 23.5 Å². The molecular formula is C22H25ClN6O2. The summed E-state index contributed by atoms with van der Waals surface area (Å²) in [4.78, 5) is 25.6. The first-order valence-electron chi connectivity index (χ1n) is 10.4. The molecule has 1 N–H and O–H groups in total. The van der Waals surface area contributed by atoms with E-state index in [4.69, 9.17) is 16.3 Å². The Morgan fingerprint density at radius 2 is 2.13 bits per heavy atom. The van der Waals surface area contributed by atoms with Crippen LogP contribution in [0.15, 0.2) is 30.3 Å². The van der Waals surface area contributed by atoms with E-state index in [0.717, 1.165) is 35.6 Å². The molecule has 162 valence electrons. The zero-order valence-electron chi connectivity index (χ0n) is 17.4. The number of nitriles is 1. The fourth-order valence-electron chi connectivity index (χ4n) is 4.19. The van der Waals surface area contributed by atoms with Crippen molar-refractivity contribution in [2.45, 2.75) is 45.0 Å². The van der Waals surface area contributed by atoms with Gasteiger partial charge in [0, 0.05) is 31.2 Å². The number of ether oxygens (including phenoxy) is 1. The molecule has 2 atom stereocenters. The van der Waals surface area contributed by atoms with Crippen LogP contribution in [-0.2, 0) is 24.3 Å². The summed E-state index contributed by atoms with van der Waals surface area (Å²) in [5.74, 6) is 0.809. The largest absolute Gasteiger partial charge is 0.445 e. The summed E-state index contributed by atoms with van der Waals surface area (Å²) in [6, 6.07) is 11.5. The number of aromatic nitrogens is 2. The van der Waals surface area contributed by atoms with E-state index in [9.17, 15) is 10.1 Å². The first-order valence-corrected chi connectivity index (χ1v) is 10.8. The number of nitrogens with one attached hydrogen (secondary N) is 1. The monoisotopic (exact) mass is 440 g/mol. The highest BCUT2D eigenvalue weighted by Gasteiger charge is 2.37. The topological polar surface area (TPSA) is 94.4 Å². The van der Waals surface area contributed by atoms with Crippen LogP contribution in [-0.4, -0.2) is 52.7 Å². The molecule has 0 spiro atoms. The maximum Gasteiger partial charge on any atom is 0.410 e. The molecule has 0 bridgehead atoms. The highest BCUT2D eigenvalue weighted by molar-refractivity contribution is 6.28. The van der Waals surface area contributed by atoms with Gasteiger partial charge in [-0.25, -0.2) is 14.8 Å². The highest BCUT2D eigenvalue weighted by Crippen LogP contribution is 2.30. The first-order chi connectivity index (χ1) is 15.1. The minimum atomic E-state index is -0.400. The lowest BCUT2D eigenvalue weighted by Crippen LogP contribution is -2.59. The number of piperazine rings is 1. The average molecular weight is 441 g/mol. The fourth-order valence-corrected chi connectivity index (χ4v) is 4.37. The second-order valence-electron chi connectivity index (χ2n) is 7.88. The Morgan fingerprint density at radius 3 is 2.90 bits per heavy atom. The van der Waals surface area contributed by atoms with Gasteiger partial charge in [-0.2, -0.15) is 5.26 Å². The third-order valence-corrected chi connectivity index (χ3v) is 5.94. The molecule has 9 heteroatoms. The van der Waals surface area contributed by atoms with Gasteiger partial charge in [-0.3, -0.25) is 0 Å². The van der Waals surface area contributed by atoms with Crippen LogP contribution in [0, 0.1) is 11.3 Å². The number of rotatable bonds is 4. The minimum Gasteiger partial charge on any atom is -0.445 e. The normalized spacial score (nSPS) is 20.7. The first kappa shape index (κ1) is 21.3. The third kappa shape index (κ3) is 4.73. The maximum absolute atomic E-state index is 12.9. The number of halogens is 1. The van der Waals surface area contributed by atoms with Gasteiger partial charge in [0.1, 0.15) is 12.4 Å². The van der Waals surface area contributed by atoms with E-state index in [0.29, 0.717) is 19.6 Å². The molecule has 2 aliphatic rings. The van der Waals surface area contributed by atoms with Gasteiger partial charge in [-0.1, -0.05) is 30.3 Å². The summed E-state index contributed by atoms with van der Waals surface area (Å²) in [6.45, 7) is 4.69. The van der Waals surface area contributed by atoms with E-state index in [1.54, 1.807) is 4.90 Å². The van der Waals surface area contributed by atoms with Crippen LogP contribution in [0.1, 0.15) is 30.2 Å². The Kier molecular flexibility index (Phi) is 6.54. The highest BCUT2D eigenvalue weighted by atomic mass is 35.5. The standard InChI is InChI=1S/C22H25ClN6O2/c1-15-12-29(22(30)31-14-16-5-3-2-4-6-16)17(7-9-24)13-28(15)20-18-8-10-25-11-19(18)26-21(23)27-20/h2-6,15,17,25H,7-8,10-14H2,1H3/t15?,17-/m1/s1. The predicted molar refractivity (Wildman–Crippen MR) is 117 cm³/mol. The van der Waals surface area contributed by atoms with Gasteiger partial charge in [0.25, 0.3) is 0 Å². The van der Waals surface area contributed by atoms with Crippen molar-refractivity contribution in [3.05, 3.63) is 52.4 Å². The summed E-state index contributed by atoms with van der Waals surface area (Å²) < 4.78 is 5.55. The molecule has 1 aromatic heterocycles. The van der Waals surface area contributed by atoms with Gasteiger partial charge in [0.2, 0.25) is 5.28 Å². The lowest BCUT2D eigenvalue weighted by Gasteiger charge is -2.45. The number of nitrogens with zero attached hydrogens (tertiary/aromatic N) is 5. The van der Waals surface area contributed by atoms with Crippen molar-refractivity contribution in [2.24, 2.45) is 0 Å². The van der Waals surface area contributed by atoms with Gasteiger partial charge in [-0.05, 0) is 37.1 Å². The summed E-state index contributed by atoms with van der Waals surface area (Å²) in [7, 11) is 0. The number of carbonyl (C=O) groups excluding carboxylic acids is 1. The second-order valence-corrected chi connectivity index (χ2v) is 8.22. The van der Waals surface area contributed by atoms with Crippen LogP contribution in [0.5, 0.6) is 0 Å². The summed E-state index contributed by atoms with van der Waals surface area (Å²) >= 11 is 6.21. The number of fused-ring (bicyclic) bond motifs is 1. The smallest absolute Gasteiger partial charge is 0.410 e.